The maximum atomic E-state index is 11.6. The van der Waals surface area contributed by atoms with Gasteiger partial charge in [-0.3, -0.25) is 0 Å². The molecule has 0 bridgehead atoms. The maximum Gasteiger partial charge on any atom is 0.251 e. The van der Waals surface area contributed by atoms with Gasteiger partial charge in [-0.25, -0.2) is 13.2 Å². The summed E-state index contributed by atoms with van der Waals surface area (Å²) >= 11 is 0. The second-order valence-corrected chi connectivity index (χ2v) is 5.09. The molecule has 0 amide bonds. The molecule has 0 aliphatic heterocycles. The molecule has 1 aromatic rings. The van der Waals surface area contributed by atoms with Crippen molar-refractivity contribution in [1.29, 1.82) is 0 Å². The monoisotopic (exact) mass is 241 g/mol. The zero-order valence-electron chi connectivity index (χ0n) is 9.05. The molecule has 1 rings (SSSR count). The minimum atomic E-state index is -3.43. The number of nitrogens with one attached hydrogen (secondary N) is 1. The lowest BCUT2D eigenvalue weighted by Gasteiger charge is -2.04. The Morgan fingerprint density at radius 3 is 2.56 bits per heavy atom. The number of nitrogens with two attached hydrogens (primary N) is 1. The highest BCUT2D eigenvalue weighted by atomic mass is 32.2. The van der Waals surface area contributed by atoms with Crippen LogP contribution < -0.4 is 10.6 Å². The third-order valence-electron chi connectivity index (χ3n) is 1.87. The largest absolute Gasteiger partial charge is 0.325 e. The fourth-order valence-electron chi connectivity index (χ4n) is 1.02. The summed E-state index contributed by atoms with van der Waals surface area (Å²) in [7, 11) is -3.43. The molecular formula is C10H15N3O2S. The molecule has 0 saturated heterocycles. The van der Waals surface area contributed by atoms with Crippen molar-refractivity contribution in [2.24, 2.45) is 10.8 Å². The minimum absolute atomic E-state index is 0.0881. The van der Waals surface area contributed by atoms with E-state index in [1.54, 1.807) is 31.2 Å². The molecule has 0 atom stereocenters. The van der Waals surface area contributed by atoms with E-state index >= 15 is 0 Å². The highest BCUT2D eigenvalue weighted by Gasteiger charge is 2.09. The van der Waals surface area contributed by atoms with Crippen molar-refractivity contribution in [1.82, 2.24) is 4.83 Å². The van der Waals surface area contributed by atoms with Crippen LogP contribution in [0.3, 0.4) is 0 Å². The molecule has 0 heterocycles. The van der Waals surface area contributed by atoms with Crippen LogP contribution in [0.1, 0.15) is 12.5 Å². The lowest BCUT2D eigenvalue weighted by molar-refractivity contribution is 0.583. The predicted octanol–water partition coefficient (Wildman–Crippen LogP) is 0.441. The molecular weight excluding hydrogens is 226 g/mol. The second-order valence-electron chi connectivity index (χ2n) is 3.39. The van der Waals surface area contributed by atoms with Gasteiger partial charge in [-0.05, 0) is 12.5 Å². The third kappa shape index (κ3) is 4.41. The Kier molecular flexibility index (Phi) is 4.45. The topological polar surface area (TPSA) is 84.5 Å². The van der Waals surface area contributed by atoms with E-state index in [9.17, 15) is 8.42 Å². The van der Waals surface area contributed by atoms with Crippen molar-refractivity contribution in [3.05, 3.63) is 35.9 Å². The van der Waals surface area contributed by atoms with Gasteiger partial charge < -0.3 is 5.73 Å². The van der Waals surface area contributed by atoms with E-state index in [0.29, 0.717) is 5.71 Å². The van der Waals surface area contributed by atoms with E-state index in [1.165, 1.54) is 0 Å². The lowest BCUT2D eigenvalue weighted by Crippen LogP contribution is -2.23. The number of hydrazone groups is 1. The van der Waals surface area contributed by atoms with Crippen molar-refractivity contribution >= 4 is 15.7 Å². The average Bonchev–Trinajstić information content (AvgIpc) is 2.27. The van der Waals surface area contributed by atoms with Gasteiger partial charge in [-0.2, -0.15) is 5.10 Å². The third-order valence-corrected chi connectivity index (χ3v) is 2.95. The normalized spacial score (nSPS) is 12.5. The Labute approximate surface area is 95.4 Å². The minimum Gasteiger partial charge on any atom is -0.325 e. The SMILES string of the molecule is C/C(CN)=N\NS(=O)(=O)Cc1ccccc1. The van der Waals surface area contributed by atoms with Crippen LogP contribution in [0, 0.1) is 0 Å². The van der Waals surface area contributed by atoms with Crippen LogP contribution in [0.4, 0.5) is 0 Å². The summed E-state index contributed by atoms with van der Waals surface area (Å²) in [5, 5.41) is 3.66. The molecule has 0 unspecified atom stereocenters. The van der Waals surface area contributed by atoms with Gasteiger partial charge in [0.2, 0.25) is 0 Å². The highest BCUT2D eigenvalue weighted by Crippen LogP contribution is 2.03. The van der Waals surface area contributed by atoms with E-state index in [0.717, 1.165) is 5.56 Å². The number of nitrogens with zero attached hydrogens (tertiary/aromatic N) is 1. The van der Waals surface area contributed by atoms with Crippen LogP contribution >= 0.6 is 0 Å². The summed E-state index contributed by atoms with van der Waals surface area (Å²) in [6.07, 6.45) is 0. The van der Waals surface area contributed by atoms with Crippen molar-refractivity contribution in [2.45, 2.75) is 12.7 Å². The van der Waals surface area contributed by atoms with Gasteiger partial charge in [0.1, 0.15) is 0 Å². The van der Waals surface area contributed by atoms with E-state index in [4.69, 9.17) is 5.73 Å². The number of benzene rings is 1. The molecule has 0 radical (unpaired) electrons. The smallest absolute Gasteiger partial charge is 0.251 e. The van der Waals surface area contributed by atoms with Gasteiger partial charge in [0, 0.05) is 12.3 Å². The van der Waals surface area contributed by atoms with Crippen LogP contribution in [-0.4, -0.2) is 20.7 Å². The molecule has 0 aliphatic rings. The van der Waals surface area contributed by atoms with E-state index in [-0.39, 0.29) is 12.3 Å². The molecule has 0 aliphatic carbocycles. The van der Waals surface area contributed by atoms with Crippen molar-refractivity contribution in [3.63, 3.8) is 0 Å². The van der Waals surface area contributed by atoms with Crippen molar-refractivity contribution in [2.75, 3.05) is 6.54 Å². The fraction of sp³-hybridized carbons (Fsp3) is 0.300. The van der Waals surface area contributed by atoms with E-state index in [2.05, 4.69) is 9.93 Å². The van der Waals surface area contributed by atoms with E-state index < -0.39 is 10.0 Å². The van der Waals surface area contributed by atoms with Gasteiger partial charge >= 0.3 is 0 Å². The van der Waals surface area contributed by atoms with Gasteiger partial charge in [-0.15, -0.1) is 0 Å². The zero-order chi connectivity index (χ0) is 12.0. The summed E-state index contributed by atoms with van der Waals surface area (Å²) in [6, 6.07) is 8.91. The van der Waals surface area contributed by atoms with E-state index in [1.807, 2.05) is 6.07 Å². The number of hydrogen-bond donors (Lipinski definition) is 2. The first-order valence-corrected chi connectivity index (χ1v) is 6.45. The molecule has 0 spiro atoms. The van der Waals surface area contributed by atoms with Crippen LogP contribution in [0.2, 0.25) is 0 Å². The van der Waals surface area contributed by atoms with Crippen LogP contribution in [0.15, 0.2) is 35.4 Å². The highest BCUT2D eigenvalue weighted by molar-refractivity contribution is 7.88. The standard InChI is InChI=1S/C10H15N3O2S/c1-9(7-11)12-13-16(14,15)8-10-5-3-2-4-6-10/h2-6,13H,7-8,11H2,1H3/b12-9+. The molecule has 0 saturated carbocycles. The molecule has 0 fully saturated rings. The molecule has 0 aromatic heterocycles. The summed E-state index contributed by atoms with van der Waals surface area (Å²) in [5.41, 5.74) is 6.55. The average molecular weight is 241 g/mol. The first-order valence-electron chi connectivity index (χ1n) is 4.80. The summed E-state index contributed by atoms with van der Waals surface area (Å²) in [5.74, 6) is -0.0881. The van der Waals surface area contributed by atoms with Crippen LogP contribution in [-0.2, 0) is 15.8 Å². The quantitative estimate of drug-likeness (QED) is 0.579. The first-order chi connectivity index (χ1) is 7.53. The molecule has 16 heavy (non-hydrogen) atoms. The summed E-state index contributed by atoms with van der Waals surface area (Å²) in [6.45, 7) is 1.89. The molecule has 5 nitrogen and oxygen atoms in total. The van der Waals surface area contributed by atoms with Crippen LogP contribution in [0.25, 0.3) is 0 Å². The maximum absolute atomic E-state index is 11.6. The summed E-state index contributed by atoms with van der Waals surface area (Å²) in [4.78, 5) is 2.14. The van der Waals surface area contributed by atoms with Gasteiger partial charge in [-0.1, -0.05) is 30.3 Å². The van der Waals surface area contributed by atoms with Crippen molar-refractivity contribution in [3.8, 4) is 0 Å². The number of rotatable bonds is 5. The Bertz CT molecular complexity index is 454. The van der Waals surface area contributed by atoms with Crippen LogP contribution in [0.5, 0.6) is 0 Å². The predicted molar refractivity (Wildman–Crippen MR) is 64.4 cm³/mol. The Morgan fingerprint density at radius 2 is 2.00 bits per heavy atom. The Hall–Kier alpha value is -1.40. The molecule has 88 valence electrons. The zero-order valence-corrected chi connectivity index (χ0v) is 9.87. The molecule has 6 heteroatoms. The van der Waals surface area contributed by atoms with Gasteiger partial charge in [0.15, 0.2) is 0 Å². The molecule has 3 N–H and O–H groups in total. The lowest BCUT2D eigenvalue weighted by atomic mass is 10.2. The molecule has 1 aromatic carbocycles. The number of sulfonamides is 1. The summed E-state index contributed by atoms with van der Waals surface area (Å²) < 4.78 is 23.1. The van der Waals surface area contributed by atoms with Gasteiger partial charge in [0.05, 0.1) is 5.75 Å². The van der Waals surface area contributed by atoms with Gasteiger partial charge in [0.25, 0.3) is 10.0 Å². The van der Waals surface area contributed by atoms with Crippen molar-refractivity contribution < 1.29 is 8.42 Å². The Balaban J connectivity index is 2.67. The number of hydrogen-bond acceptors (Lipinski definition) is 4. The second kappa shape index (κ2) is 5.62. The first kappa shape index (κ1) is 12.7. The Morgan fingerprint density at radius 1 is 1.38 bits per heavy atom. The fourth-order valence-corrected chi connectivity index (χ4v) is 2.01.